The monoisotopic (exact) mass is 251 g/mol. The Morgan fingerprint density at radius 1 is 1.47 bits per heavy atom. The Morgan fingerprint density at radius 2 is 2.24 bits per heavy atom. The normalized spacial score (nSPS) is 12.6. The van der Waals surface area contributed by atoms with Crippen LogP contribution in [-0.4, -0.2) is 11.9 Å². The van der Waals surface area contributed by atoms with Crippen LogP contribution in [0.1, 0.15) is 30.8 Å². The average Bonchev–Trinajstić information content (AvgIpc) is 2.71. The van der Waals surface area contributed by atoms with E-state index >= 15 is 0 Å². The first kappa shape index (κ1) is 12.0. The van der Waals surface area contributed by atoms with Gasteiger partial charge in [0.25, 0.3) is 5.91 Å². The van der Waals surface area contributed by atoms with Crippen LogP contribution in [0.25, 0.3) is 11.0 Å². The third-order valence-electron chi connectivity index (χ3n) is 2.69. The van der Waals surface area contributed by atoms with E-state index in [9.17, 15) is 4.79 Å². The van der Waals surface area contributed by atoms with Crippen LogP contribution in [-0.2, 0) is 0 Å². The maximum Gasteiger partial charge on any atom is 0.287 e. The van der Waals surface area contributed by atoms with Crippen molar-refractivity contribution >= 4 is 28.5 Å². The Hall–Kier alpha value is -1.48. The van der Waals surface area contributed by atoms with Crippen molar-refractivity contribution in [3.8, 4) is 0 Å². The Bertz CT molecular complexity index is 547. The van der Waals surface area contributed by atoms with Crippen molar-refractivity contribution in [2.24, 2.45) is 0 Å². The number of hydrogen-bond acceptors (Lipinski definition) is 2. The summed E-state index contributed by atoms with van der Waals surface area (Å²) in [5.74, 6) is 0.134. The highest BCUT2D eigenvalue weighted by atomic mass is 35.5. The van der Waals surface area contributed by atoms with Gasteiger partial charge >= 0.3 is 0 Å². The van der Waals surface area contributed by atoms with E-state index in [0.717, 1.165) is 11.8 Å². The van der Waals surface area contributed by atoms with Crippen LogP contribution in [0.3, 0.4) is 0 Å². The van der Waals surface area contributed by atoms with Gasteiger partial charge in [-0.1, -0.05) is 18.5 Å². The molecule has 0 radical (unpaired) electrons. The number of rotatable bonds is 3. The van der Waals surface area contributed by atoms with Crippen LogP contribution < -0.4 is 5.32 Å². The second-order valence-corrected chi connectivity index (χ2v) is 4.51. The lowest BCUT2D eigenvalue weighted by atomic mass is 10.2. The average molecular weight is 252 g/mol. The maximum absolute atomic E-state index is 11.8. The summed E-state index contributed by atoms with van der Waals surface area (Å²) in [7, 11) is 0. The van der Waals surface area contributed by atoms with Gasteiger partial charge in [0.1, 0.15) is 5.58 Å². The van der Waals surface area contributed by atoms with Gasteiger partial charge in [-0.05, 0) is 37.6 Å². The van der Waals surface area contributed by atoms with Gasteiger partial charge in [-0.15, -0.1) is 0 Å². The number of halogens is 1. The molecule has 4 heteroatoms. The molecule has 1 unspecified atom stereocenters. The van der Waals surface area contributed by atoms with Gasteiger partial charge in [0.15, 0.2) is 5.76 Å². The van der Waals surface area contributed by atoms with Crippen LogP contribution in [0.2, 0.25) is 5.02 Å². The second-order valence-electron chi connectivity index (χ2n) is 4.08. The van der Waals surface area contributed by atoms with Crippen LogP contribution in [0.15, 0.2) is 28.7 Å². The zero-order valence-corrected chi connectivity index (χ0v) is 10.5. The van der Waals surface area contributed by atoms with Gasteiger partial charge in [-0.3, -0.25) is 4.79 Å². The molecule has 0 fully saturated rings. The standard InChI is InChI=1S/C13H14ClNO2/c1-3-8(2)15-13(16)12-7-9-6-10(14)4-5-11(9)17-12/h4-8H,3H2,1-2H3,(H,15,16). The second kappa shape index (κ2) is 4.80. The minimum atomic E-state index is -0.188. The van der Waals surface area contributed by atoms with Crippen LogP contribution >= 0.6 is 11.6 Å². The summed E-state index contributed by atoms with van der Waals surface area (Å²) in [6.45, 7) is 3.97. The molecule has 0 aliphatic rings. The van der Waals surface area contributed by atoms with E-state index in [1.165, 1.54) is 0 Å². The molecule has 0 bridgehead atoms. The van der Waals surface area contributed by atoms with Crippen LogP contribution in [0.5, 0.6) is 0 Å². The van der Waals surface area contributed by atoms with Crippen molar-refractivity contribution in [2.45, 2.75) is 26.3 Å². The van der Waals surface area contributed by atoms with Gasteiger partial charge < -0.3 is 9.73 Å². The Kier molecular flexibility index (Phi) is 3.38. The fourth-order valence-electron chi connectivity index (χ4n) is 1.52. The molecule has 90 valence electrons. The molecule has 0 aliphatic carbocycles. The molecule has 0 saturated heterocycles. The van der Waals surface area contributed by atoms with E-state index in [4.69, 9.17) is 16.0 Å². The Balaban J connectivity index is 2.27. The lowest BCUT2D eigenvalue weighted by Crippen LogP contribution is -2.31. The van der Waals surface area contributed by atoms with Crippen molar-refractivity contribution in [3.63, 3.8) is 0 Å². The lowest BCUT2D eigenvalue weighted by molar-refractivity contribution is 0.0913. The minimum Gasteiger partial charge on any atom is -0.451 e. The fraction of sp³-hybridized carbons (Fsp3) is 0.308. The molecule has 0 saturated carbocycles. The summed E-state index contributed by atoms with van der Waals surface area (Å²) in [5.41, 5.74) is 0.670. The maximum atomic E-state index is 11.8. The third-order valence-corrected chi connectivity index (χ3v) is 2.93. The molecule has 1 atom stereocenters. The zero-order chi connectivity index (χ0) is 12.4. The molecule has 2 aromatic rings. The summed E-state index contributed by atoms with van der Waals surface area (Å²) in [5, 5.41) is 4.33. The minimum absolute atomic E-state index is 0.138. The Morgan fingerprint density at radius 3 is 2.94 bits per heavy atom. The van der Waals surface area contributed by atoms with Crippen molar-refractivity contribution in [1.82, 2.24) is 5.32 Å². The quantitative estimate of drug-likeness (QED) is 0.905. The Labute approximate surface area is 105 Å². The highest BCUT2D eigenvalue weighted by molar-refractivity contribution is 6.31. The first-order chi connectivity index (χ1) is 8.10. The van der Waals surface area contributed by atoms with Crippen molar-refractivity contribution in [1.29, 1.82) is 0 Å². The first-order valence-electron chi connectivity index (χ1n) is 5.60. The van der Waals surface area contributed by atoms with E-state index in [-0.39, 0.29) is 11.9 Å². The summed E-state index contributed by atoms with van der Waals surface area (Å²) < 4.78 is 5.46. The SMILES string of the molecule is CCC(C)NC(=O)c1cc2cc(Cl)ccc2o1. The van der Waals surface area contributed by atoms with Gasteiger partial charge in [0.2, 0.25) is 0 Å². The third kappa shape index (κ3) is 2.61. The largest absolute Gasteiger partial charge is 0.451 e. The lowest BCUT2D eigenvalue weighted by Gasteiger charge is -2.08. The molecule has 1 heterocycles. The molecule has 1 aromatic carbocycles. The summed E-state index contributed by atoms with van der Waals surface area (Å²) in [4.78, 5) is 11.8. The van der Waals surface area contributed by atoms with E-state index in [1.807, 2.05) is 13.8 Å². The molecule has 0 aliphatic heterocycles. The van der Waals surface area contributed by atoms with Crippen molar-refractivity contribution in [2.75, 3.05) is 0 Å². The predicted molar refractivity (Wildman–Crippen MR) is 68.4 cm³/mol. The van der Waals surface area contributed by atoms with Gasteiger partial charge in [-0.2, -0.15) is 0 Å². The molecule has 1 amide bonds. The van der Waals surface area contributed by atoms with Crippen LogP contribution in [0.4, 0.5) is 0 Å². The summed E-state index contributed by atoms with van der Waals surface area (Å²) in [6.07, 6.45) is 0.887. The van der Waals surface area contributed by atoms with Crippen LogP contribution in [0, 0.1) is 0 Å². The molecule has 17 heavy (non-hydrogen) atoms. The number of carbonyl (C=O) groups excluding carboxylic acids is 1. The molecular weight excluding hydrogens is 238 g/mol. The van der Waals surface area contributed by atoms with Gasteiger partial charge in [-0.25, -0.2) is 0 Å². The highest BCUT2D eigenvalue weighted by Crippen LogP contribution is 2.23. The van der Waals surface area contributed by atoms with Crippen molar-refractivity contribution < 1.29 is 9.21 Å². The number of hydrogen-bond donors (Lipinski definition) is 1. The topological polar surface area (TPSA) is 42.2 Å². The van der Waals surface area contributed by atoms with Crippen molar-refractivity contribution in [3.05, 3.63) is 35.0 Å². The van der Waals surface area contributed by atoms with E-state index in [2.05, 4.69) is 5.32 Å². The van der Waals surface area contributed by atoms with E-state index in [0.29, 0.717) is 16.4 Å². The summed E-state index contributed by atoms with van der Waals surface area (Å²) in [6, 6.07) is 7.13. The van der Waals surface area contributed by atoms with E-state index < -0.39 is 0 Å². The summed E-state index contributed by atoms with van der Waals surface area (Å²) >= 11 is 5.87. The molecule has 1 aromatic heterocycles. The number of amides is 1. The molecule has 2 rings (SSSR count). The predicted octanol–water partition coefficient (Wildman–Crippen LogP) is 3.61. The first-order valence-corrected chi connectivity index (χ1v) is 5.98. The number of nitrogens with one attached hydrogen (secondary N) is 1. The smallest absolute Gasteiger partial charge is 0.287 e. The van der Waals surface area contributed by atoms with E-state index in [1.54, 1.807) is 24.3 Å². The molecule has 0 spiro atoms. The fourth-order valence-corrected chi connectivity index (χ4v) is 1.70. The molecular formula is C13H14ClNO2. The number of furan rings is 1. The number of fused-ring (bicyclic) bond motifs is 1. The number of benzene rings is 1. The molecule has 3 nitrogen and oxygen atoms in total. The highest BCUT2D eigenvalue weighted by Gasteiger charge is 2.13. The molecule has 1 N–H and O–H groups in total. The van der Waals surface area contributed by atoms with Gasteiger partial charge in [0, 0.05) is 16.5 Å². The number of carbonyl (C=O) groups is 1. The van der Waals surface area contributed by atoms with Gasteiger partial charge in [0.05, 0.1) is 0 Å². The zero-order valence-electron chi connectivity index (χ0n) is 9.79.